The Labute approximate surface area is 107 Å². The zero-order chi connectivity index (χ0) is 13.1. The van der Waals surface area contributed by atoms with Crippen LogP contribution in [0.2, 0.25) is 0 Å². The van der Waals surface area contributed by atoms with Crippen LogP contribution in [0.25, 0.3) is 0 Å². The van der Waals surface area contributed by atoms with E-state index in [0.29, 0.717) is 0 Å². The highest BCUT2D eigenvalue weighted by Crippen LogP contribution is 2.13. The molecule has 1 aromatic carbocycles. The number of hydrogen-bond donors (Lipinski definition) is 0. The van der Waals surface area contributed by atoms with Crippen LogP contribution in [0, 0.1) is 0 Å². The lowest BCUT2D eigenvalue weighted by Gasteiger charge is -2.36. The lowest BCUT2D eigenvalue weighted by molar-refractivity contribution is -1.07. The second-order valence-corrected chi connectivity index (χ2v) is 6.70. The first-order valence-corrected chi connectivity index (χ1v) is 6.42. The summed E-state index contributed by atoms with van der Waals surface area (Å²) in [6.07, 6.45) is 1.12. The predicted octanol–water partition coefficient (Wildman–Crippen LogP) is 2.49. The number of benzene rings is 1. The highest BCUT2D eigenvalue weighted by molar-refractivity contribution is 5.21. The second kappa shape index (κ2) is 5.19. The SMILES string of the molecule is CCc1ccc(C[N+](C)(C)C[N+](C)(C)C)cc1. The molecule has 0 saturated heterocycles. The number of aryl methyl sites for hydroxylation is 1. The summed E-state index contributed by atoms with van der Waals surface area (Å²) in [5.41, 5.74) is 2.85. The van der Waals surface area contributed by atoms with Gasteiger partial charge in [0.1, 0.15) is 6.54 Å². The van der Waals surface area contributed by atoms with Gasteiger partial charge in [0.2, 0.25) is 6.67 Å². The van der Waals surface area contributed by atoms with Crippen molar-refractivity contribution in [1.29, 1.82) is 0 Å². The van der Waals surface area contributed by atoms with Gasteiger partial charge in [0, 0.05) is 5.56 Å². The summed E-state index contributed by atoms with van der Waals surface area (Å²) in [4.78, 5) is 0. The Balaban J connectivity index is 2.69. The van der Waals surface area contributed by atoms with Crippen molar-refractivity contribution in [2.45, 2.75) is 19.9 Å². The fraction of sp³-hybridized carbons (Fsp3) is 0.600. The van der Waals surface area contributed by atoms with E-state index < -0.39 is 0 Å². The Morgan fingerprint density at radius 3 is 1.71 bits per heavy atom. The van der Waals surface area contributed by atoms with Crippen molar-refractivity contribution in [2.24, 2.45) is 0 Å². The number of hydrogen-bond acceptors (Lipinski definition) is 0. The van der Waals surface area contributed by atoms with Crippen LogP contribution in [-0.4, -0.2) is 50.9 Å². The molecule has 2 nitrogen and oxygen atoms in total. The van der Waals surface area contributed by atoms with Crippen molar-refractivity contribution >= 4 is 0 Å². The summed E-state index contributed by atoms with van der Waals surface area (Å²) in [5, 5.41) is 0. The third-order valence-electron chi connectivity index (χ3n) is 2.85. The molecule has 1 aromatic rings. The molecule has 0 amide bonds. The summed E-state index contributed by atoms with van der Waals surface area (Å²) in [7, 11) is 11.4. The molecule has 0 spiro atoms. The van der Waals surface area contributed by atoms with E-state index in [-0.39, 0.29) is 0 Å². The van der Waals surface area contributed by atoms with E-state index >= 15 is 0 Å². The first kappa shape index (κ1) is 14.2. The van der Waals surface area contributed by atoms with Crippen molar-refractivity contribution in [1.82, 2.24) is 0 Å². The zero-order valence-electron chi connectivity index (χ0n) is 12.3. The molecule has 0 saturated carbocycles. The molecule has 1 rings (SSSR count). The van der Waals surface area contributed by atoms with Crippen LogP contribution < -0.4 is 0 Å². The van der Waals surface area contributed by atoms with Crippen LogP contribution in [-0.2, 0) is 13.0 Å². The minimum atomic E-state index is 1.00. The van der Waals surface area contributed by atoms with Gasteiger partial charge in [-0.1, -0.05) is 31.2 Å². The fourth-order valence-electron chi connectivity index (χ4n) is 2.57. The van der Waals surface area contributed by atoms with Crippen molar-refractivity contribution < 1.29 is 8.97 Å². The van der Waals surface area contributed by atoms with Crippen molar-refractivity contribution in [3.05, 3.63) is 35.4 Å². The molecule has 0 atom stereocenters. The quantitative estimate of drug-likeness (QED) is 0.544. The lowest BCUT2D eigenvalue weighted by Crippen LogP contribution is -2.53. The Bertz CT molecular complexity index is 344. The van der Waals surface area contributed by atoms with Gasteiger partial charge in [-0.2, -0.15) is 0 Å². The van der Waals surface area contributed by atoms with Gasteiger partial charge in [-0.3, -0.25) is 8.97 Å². The molecule has 0 fully saturated rings. The summed E-state index contributed by atoms with van der Waals surface area (Å²) < 4.78 is 2.02. The highest BCUT2D eigenvalue weighted by Gasteiger charge is 2.23. The molecule has 0 aliphatic carbocycles. The van der Waals surface area contributed by atoms with E-state index in [1.54, 1.807) is 0 Å². The molecule has 2 heteroatoms. The van der Waals surface area contributed by atoms with Gasteiger partial charge in [-0.05, 0) is 12.0 Å². The van der Waals surface area contributed by atoms with Gasteiger partial charge in [-0.15, -0.1) is 0 Å². The average Bonchev–Trinajstić information content (AvgIpc) is 2.14. The minimum absolute atomic E-state index is 1.00. The van der Waals surface area contributed by atoms with Gasteiger partial charge in [0.15, 0.2) is 0 Å². The molecule has 0 N–H and O–H groups in total. The van der Waals surface area contributed by atoms with E-state index in [9.17, 15) is 0 Å². The summed E-state index contributed by atoms with van der Waals surface area (Å²) in [6, 6.07) is 9.05. The Morgan fingerprint density at radius 1 is 0.824 bits per heavy atom. The number of nitrogens with zero attached hydrogens (tertiary/aromatic N) is 2. The Hall–Kier alpha value is -0.860. The van der Waals surface area contributed by atoms with Gasteiger partial charge < -0.3 is 0 Å². The topological polar surface area (TPSA) is 0 Å². The van der Waals surface area contributed by atoms with Crippen molar-refractivity contribution in [3.8, 4) is 0 Å². The predicted molar refractivity (Wildman–Crippen MR) is 74.5 cm³/mol. The fourth-order valence-corrected chi connectivity index (χ4v) is 2.57. The van der Waals surface area contributed by atoms with Gasteiger partial charge in [-0.25, -0.2) is 0 Å². The smallest absolute Gasteiger partial charge is 0.206 e. The first-order chi connectivity index (χ1) is 7.72. The van der Waals surface area contributed by atoms with E-state index in [4.69, 9.17) is 0 Å². The second-order valence-electron chi connectivity index (χ2n) is 6.70. The van der Waals surface area contributed by atoms with Crippen LogP contribution >= 0.6 is 0 Å². The maximum atomic E-state index is 2.30. The molecule has 0 aliphatic heterocycles. The van der Waals surface area contributed by atoms with E-state index in [1.165, 1.54) is 11.1 Å². The monoisotopic (exact) mass is 236 g/mol. The van der Waals surface area contributed by atoms with Crippen molar-refractivity contribution in [2.75, 3.05) is 41.9 Å². The molecule has 17 heavy (non-hydrogen) atoms. The van der Waals surface area contributed by atoms with E-state index in [1.807, 2.05) is 0 Å². The molecule has 0 aromatic heterocycles. The zero-order valence-corrected chi connectivity index (χ0v) is 12.3. The number of rotatable bonds is 5. The van der Waals surface area contributed by atoms with Gasteiger partial charge in [0.25, 0.3) is 0 Å². The molecule has 96 valence electrons. The van der Waals surface area contributed by atoms with Crippen LogP contribution in [0.15, 0.2) is 24.3 Å². The third kappa shape index (κ3) is 5.33. The minimum Gasteiger partial charge on any atom is -0.284 e. The third-order valence-corrected chi connectivity index (χ3v) is 2.85. The normalized spacial score (nSPS) is 12.8. The molecule has 0 aliphatic rings. The number of quaternary nitrogens is 2. The molecule has 0 heterocycles. The van der Waals surface area contributed by atoms with Gasteiger partial charge >= 0.3 is 0 Å². The first-order valence-electron chi connectivity index (χ1n) is 6.42. The standard InChI is InChI=1S/C15H28N2/c1-7-14-8-10-15(11-9-14)12-17(5,6)13-16(2,3)4/h8-11H,7,12-13H2,1-6H3/q+2. The lowest BCUT2D eigenvalue weighted by atomic mass is 10.1. The Morgan fingerprint density at radius 2 is 1.29 bits per heavy atom. The summed E-state index contributed by atoms with van der Waals surface area (Å²) in [5.74, 6) is 0. The molecular formula is C15H28N2+2. The average molecular weight is 236 g/mol. The van der Waals surface area contributed by atoms with E-state index in [2.05, 4.69) is 66.4 Å². The van der Waals surface area contributed by atoms with Gasteiger partial charge in [0.05, 0.1) is 35.2 Å². The Kier molecular flexibility index (Phi) is 4.34. The molecule has 0 bridgehead atoms. The van der Waals surface area contributed by atoms with Crippen LogP contribution in [0.1, 0.15) is 18.1 Å². The summed E-state index contributed by atoms with van der Waals surface area (Å²) >= 11 is 0. The van der Waals surface area contributed by atoms with Crippen LogP contribution in [0.5, 0.6) is 0 Å². The molecule has 0 unspecified atom stereocenters. The van der Waals surface area contributed by atoms with Crippen molar-refractivity contribution in [3.63, 3.8) is 0 Å². The maximum Gasteiger partial charge on any atom is 0.206 e. The highest BCUT2D eigenvalue weighted by atomic mass is 15.5. The maximum absolute atomic E-state index is 2.30. The van der Waals surface area contributed by atoms with E-state index in [0.717, 1.165) is 28.6 Å². The largest absolute Gasteiger partial charge is 0.284 e. The summed E-state index contributed by atoms with van der Waals surface area (Å²) in [6.45, 7) is 4.43. The van der Waals surface area contributed by atoms with Crippen LogP contribution in [0.4, 0.5) is 0 Å². The molecular weight excluding hydrogens is 208 g/mol. The molecule has 0 radical (unpaired) electrons. The van der Waals surface area contributed by atoms with Crippen LogP contribution in [0.3, 0.4) is 0 Å².